The maximum Gasteiger partial charge on any atom is 0.203 e. The Morgan fingerprint density at radius 3 is 2.79 bits per heavy atom. The van der Waals surface area contributed by atoms with Crippen molar-refractivity contribution in [3.63, 3.8) is 0 Å². The van der Waals surface area contributed by atoms with Crippen LogP contribution in [0.4, 0.5) is 5.82 Å². The topological polar surface area (TPSA) is 49.6 Å². The van der Waals surface area contributed by atoms with E-state index in [1.165, 1.54) is 12.0 Å². The van der Waals surface area contributed by atoms with Crippen LogP contribution in [-0.2, 0) is 6.54 Å². The van der Waals surface area contributed by atoms with Gasteiger partial charge in [-0.1, -0.05) is 23.7 Å². The minimum absolute atomic E-state index is 0.498. The summed E-state index contributed by atoms with van der Waals surface area (Å²) in [4.78, 5) is 9.53. The molecule has 2 aliphatic rings. The molecule has 2 unspecified atom stereocenters. The van der Waals surface area contributed by atoms with Gasteiger partial charge in [0.05, 0.1) is 0 Å². The Bertz CT molecular complexity index is 876. The molecular weight excluding hydrogens is 324 g/mol. The predicted molar refractivity (Wildman–Crippen MR) is 92.2 cm³/mol. The molecule has 2 aromatic heterocycles. The molecule has 5 rings (SSSR count). The summed E-state index contributed by atoms with van der Waals surface area (Å²) in [6, 6.07) is 9.23. The van der Waals surface area contributed by atoms with Gasteiger partial charge in [-0.15, -0.1) is 10.2 Å². The van der Waals surface area contributed by atoms with E-state index >= 15 is 0 Å². The van der Waals surface area contributed by atoms with Crippen LogP contribution in [-0.4, -0.2) is 49.7 Å². The molecular formula is C17H17ClN6. The van der Waals surface area contributed by atoms with Gasteiger partial charge >= 0.3 is 0 Å². The maximum absolute atomic E-state index is 5.98. The third-order valence-electron chi connectivity index (χ3n) is 5.12. The number of hydrogen-bond donors (Lipinski definition) is 0. The molecule has 2 atom stereocenters. The van der Waals surface area contributed by atoms with Crippen molar-refractivity contribution < 1.29 is 0 Å². The zero-order valence-corrected chi connectivity index (χ0v) is 13.8. The molecule has 7 heteroatoms. The summed E-state index contributed by atoms with van der Waals surface area (Å²) in [6.07, 6.45) is 6.62. The van der Waals surface area contributed by atoms with Crippen molar-refractivity contribution in [1.29, 1.82) is 0 Å². The molecule has 1 aromatic carbocycles. The molecule has 2 saturated heterocycles. The van der Waals surface area contributed by atoms with Gasteiger partial charge in [0.1, 0.15) is 6.33 Å². The van der Waals surface area contributed by atoms with Crippen molar-refractivity contribution in [3.8, 4) is 0 Å². The third-order valence-corrected chi connectivity index (χ3v) is 5.37. The van der Waals surface area contributed by atoms with Crippen molar-refractivity contribution in [2.45, 2.75) is 25.0 Å². The first-order valence-corrected chi connectivity index (χ1v) is 8.55. The zero-order chi connectivity index (χ0) is 16.1. The van der Waals surface area contributed by atoms with Crippen LogP contribution < -0.4 is 4.90 Å². The highest BCUT2D eigenvalue weighted by Gasteiger charge is 2.44. The predicted octanol–water partition coefficient (Wildman–Crippen LogP) is 2.24. The number of anilines is 1. The average Bonchev–Trinajstić information content (AvgIpc) is 3.31. The van der Waals surface area contributed by atoms with Crippen molar-refractivity contribution >= 4 is 23.1 Å². The van der Waals surface area contributed by atoms with Crippen LogP contribution in [0.25, 0.3) is 5.65 Å². The first-order valence-electron chi connectivity index (χ1n) is 8.17. The lowest BCUT2D eigenvalue weighted by atomic mass is 10.2. The number of fused-ring (bicyclic) bond motifs is 3. The summed E-state index contributed by atoms with van der Waals surface area (Å²) in [5, 5.41) is 9.01. The molecule has 0 aliphatic carbocycles. The van der Waals surface area contributed by atoms with Crippen LogP contribution in [0.3, 0.4) is 0 Å². The van der Waals surface area contributed by atoms with Gasteiger partial charge in [-0.3, -0.25) is 9.30 Å². The normalized spacial score (nSPS) is 23.5. The number of hydrogen-bond acceptors (Lipinski definition) is 5. The fourth-order valence-corrected chi connectivity index (χ4v) is 4.10. The van der Waals surface area contributed by atoms with E-state index in [1.807, 2.05) is 28.9 Å². The van der Waals surface area contributed by atoms with Gasteiger partial charge in [-0.2, -0.15) is 0 Å². The summed E-state index contributed by atoms with van der Waals surface area (Å²) in [5.74, 6) is 0.952. The van der Waals surface area contributed by atoms with Crippen molar-refractivity contribution in [3.05, 3.63) is 53.6 Å². The Kier molecular flexibility index (Phi) is 3.21. The van der Waals surface area contributed by atoms with Crippen molar-refractivity contribution in [2.75, 3.05) is 18.0 Å². The van der Waals surface area contributed by atoms with Gasteiger partial charge in [0, 0.05) is 49.1 Å². The molecule has 0 N–H and O–H groups in total. The smallest absolute Gasteiger partial charge is 0.203 e. The van der Waals surface area contributed by atoms with Crippen LogP contribution in [0.5, 0.6) is 0 Å². The number of halogens is 1. The van der Waals surface area contributed by atoms with E-state index in [2.05, 4.69) is 37.1 Å². The van der Waals surface area contributed by atoms with E-state index in [1.54, 1.807) is 6.33 Å². The maximum atomic E-state index is 5.98. The quantitative estimate of drug-likeness (QED) is 0.732. The number of nitrogens with zero attached hydrogens (tertiary/aromatic N) is 6. The SMILES string of the molecule is Clc1ccc(CN2CC3CC2CN3c2nccn3cnnc23)cc1. The first kappa shape index (κ1) is 14.2. The minimum Gasteiger partial charge on any atom is -0.348 e. The van der Waals surface area contributed by atoms with Crippen molar-refractivity contribution in [1.82, 2.24) is 24.5 Å². The van der Waals surface area contributed by atoms with Crippen LogP contribution in [0.15, 0.2) is 43.0 Å². The highest BCUT2D eigenvalue weighted by atomic mass is 35.5. The van der Waals surface area contributed by atoms with E-state index in [9.17, 15) is 0 Å². The Hall–Kier alpha value is -2.18. The molecule has 0 amide bonds. The Labute approximate surface area is 144 Å². The molecule has 24 heavy (non-hydrogen) atoms. The molecule has 3 aromatic rings. The summed E-state index contributed by atoms with van der Waals surface area (Å²) in [7, 11) is 0. The van der Waals surface area contributed by atoms with Gasteiger partial charge < -0.3 is 4.90 Å². The lowest BCUT2D eigenvalue weighted by molar-refractivity contribution is 0.230. The molecule has 0 radical (unpaired) electrons. The molecule has 122 valence electrons. The van der Waals surface area contributed by atoms with E-state index in [-0.39, 0.29) is 0 Å². The molecule has 4 heterocycles. The van der Waals surface area contributed by atoms with Crippen LogP contribution in [0.1, 0.15) is 12.0 Å². The van der Waals surface area contributed by atoms with Gasteiger partial charge in [-0.25, -0.2) is 4.98 Å². The fourth-order valence-electron chi connectivity index (χ4n) is 3.97. The monoisotopic (exact) mass is 340 g/mol. The van der Waals surface area contributed by atoms with Gasteiger partial charge in [0.25, 0.3) is 0 Å². The second kappa shape index (κ2) is 5.43. The fraction of sp³-hybridized carbons (Fsp3) is 0.353. The number of aromatic nitrogens is 4. The Balaban J connectivity index is 1.35. The number of piperazine rings is 1. The summed E-state index contributed by atoms with van der Waals surface area (Å²) in [5.41, 5.74) is 2.16. The first-order chi connectivity index (χ1) is 11.8. The van der Waals surface area contributed by atoms with E-state index in [0.29, 0.717) is 12.1 Å². The largest absolute Gasteiger partial charge is 0.348 e. The van der Waals surface area contributed by atoms with Crippen LogP contribution in [0, 0.1) is 0 Å². The van der Waals surface area contributed by atoms with Crippen LogP contribution >= 0.6 is 11.6 Å². The Morgan fingerprint density at radius 1 is 1.12 bits per heavy atom. The lowest BCUT2D eigenvalue weighted by Crippen LogP contribution is -2.46. The molecule has 0 saturated carbocycles. The molecule has 0 spiro atoms. The van der Waals surface area contributed by atoms with Gasteiger partial charge in [0.15, 0.2) is 5.82 Å². The number of rotatable bonds is 3. The highest BCUT2D eigenvalue weighted by molar-refractivity contribution is 6.30. The Morgan fingerprint density at radius 2 is 2.00 bits per heavy atom. The molecule has 2 aliphatic heterocycles. The number of benzene rings is 1. The number of likely N-dealkylation sites (tertiary alicyclic amines) is 1. The average molecular weight is 341 g/mol. The summed E-state index contributed by atoms with van der Waals surface area (Å²) < 4.78 is 1.93. The van der Waals surface area contributed by atoms with Crippen molar-refractivity contribution in [2.24, 2.45) is 0 Å². The minimum atomic E-state index is 0.498. The molecule has 6 nitrogen and oxygen atoms in total. The van der Waals surface area contributed by atoms with E-state index < -0.39 is 0 Å². The third kappa shape index (κ3) is 2.25. The van der Waals surface area contributed by atoms with Gasteiger partial charge in [0.2, 0.25) is 5.65 Å². The molecule has 2 fully saturated rings. The second-order valence-corrected chi connectivity index (χ2v) is 7.00. The summed E-state index contributed by atoms with van der Waals surface area (Å²) in [6.45, 7) is 3.04. The van der Waals surface area contributed by atoms with E-state index in [0.717, 1.165) is 36.1 Å². The highest BCUT2D eigenvalue weighted by Crippen LogP contribution is 2.35. The lowest BCUT2D eigenvalue weighted by Gasteiger charge is -2.34. The van der Waals surface area contributed by atoms with Gasteiger partial charge in [-0.05, 0) is 24.1 Å². The second-order valence-electron chi connectivity index (χ2n) is 6.56. The zero-order valence-electron chi connectivity index (χ0n) is 13.1. The van der Waals surface area contributed by atoms with E-state index in [4.69, 9.17) is 11.6 Å². The standard InChI is InChI=1S/C17H17ClN6/c18-13-3-1-12(2-4-13)8-23-9-15-7-14(23)10-24(15)16-17-21-20-11-22(17)6-5-19-16/h1-6,11,14-15H,7-10H2. The molecule has 2 bridgehead atoms. The van der Waals surface area contributed by atoms with Crippen LogP contribution in [0.2, 0.25) is 5.02 Å². The summed E-state index contributed by atoms with van der Waals surface area (Å²) >= 11 is 5.98.